The van der Waals surface area contributed by atoms with Crippen molar-refractivity contribution in [2.45, 2.75) is 0 Å². The van der Waals surface area contributed by atoms with Gasteiger partial charge in [0.05, 0.1) is 16.3 Å². The maximum atomic E-state index is 10.8. The average molecular weight is 187 g/mol. The molecule has 0 amide bonds. The first-order valence-corrected chi connectivity index (χ1v) is 3.49. The molecule has 4 nitrogen and oxygen atoms in total. The molecule has 0 aromatic heterocycles. The lowest BCUT2D eigenvalue weighted by atomic mass is 10.2. The summed E-state index contributed by atoms with van der Waals surface area (Å²) >= 11 is 5.64. The van der Waals surface area contributed by atoms with Gasteiger partial charge in [-0.1, -0.05) is 11.6 Å². The first-order chi connectivity index (χ1) is 5.65. The molecule has 1 aromatic carbocycles. The molecule has 4 N–H and O–H groups in total. The topological polar surface area (TPSA) is 78.3 Å². The van der Waals surface area contributed by atoms with Crippen LogP contribution in [0, 0.1) is 0 Å². The third kappa shape index (κ3) is 1.66. The molecule has 1 rings (SSSR count). The van der Waals surface area contributed by atoms with E-state index in [9.17, 15) is 4.79 Å². The number of hydrogen-bond acceptors (Lipinski definition) is 4. The Hall–Kier alpha value is -1.26. The van der Waals surface area contributed by atoms with E-state index in [1.54, 1.807) is 0 Å². The van der Waals surface area contributed by atoms with Gasteiger partial charge in [-0.2, -0.15) is 5.90 Å². The molecule has 12 heavy (non-hydrogen) atoms. The van der Waals surface area contributed by atoms with Crippen LogP contribution in [-0.4, -0.2) is 5.97 Å². The Kier molecular flexibility index (Phi) is 2.52. The van der Waals surface area contributed by atoms with Gasteiger partial charge in [-0.15, -0.1) is 0 Å². The molecule has 0 bridgehead atoms. The van der Waals surface area contributed by atoms with Crippen molar-refractivity contribution in [3.05, 3.63) is 28.8 Å². The van der Waals surface area contributed by atoms with Gasteiger partial charge < -0.3 is 10.6 Å². The number of halogens is 1. The number of anilines is 1. The molecule has 64 valence electrons. The van der Waals surface area contributed by atoms with E-state index in [0.717, 1.165) is 0 Å². The van der Waals surface area contributed by atoms with Crippen molar-refractivity contribution >= 4 is 23.3 Å². The van der Waals surface area contributed by atoms with E-state index in [2.05, 4.69) is 10.7 Å². The summed E-state index contributed by atoms with van der Waals surface area (Å²) in [4.78, 5) is 14.8. The standard InChI is InChI=1S/C7H7ClN2O2/c8-5-3-4(7(11)12-10)1-2-6(5)9/h1-3H,9-10H2. The second-order valence-corrected chi connectivity index (χ2v) is 2.55. The zero-order valence-electron chi connectivity index (χ0n) is 6.08. The summed E-state index contributed by atoms with van der Waals surface area (Å²) in [7, 11) is 0. The number of hydrogen-bond donors (Lipinski definition) is 2. The van der Waals surface area contributed by atoms with Crippen molar-refractivity contribution in [1.82, 2.24) is 0 Å². The van der Waals surface area contributed by atoms with Gasteiger partial charge in [-0.3, -0.25) is 0 Å². The Morgan fingerprint density at radius 3 is 2.67 bits per heavy atom. The van der Waals surface area contributed by atoms with Crippen molar-refractivity contribution in [2.24, 2.45) is 5.90 Å². The molecule has 0 atom stereocenters. The fourth-order valence-corrected chi connectivity index (χ4v) is 0.903. The Morgan fingerprint density at radius 1 is 1.50 bits per heavy atom. The van der Waals surface area contributed by atoms with E-state index in [1.165, 1.54) is 18.2 Å². The summed E-state index contributed by atoms with van der Waals surface area (Å²) in [6.07, 6.45) is 0. The second kappa shape index (κ2) is 3.42. The summed E-state index contributed by atoms with van der Waals surface area (Å²) in [6.45, 7) is 0. The van der Waals surface area contributed by atoms with Gasteiger partial charge in [-0.25, -0.2) is 4.79 Å². The summed E-state index contributed by atoms with van der Waals surface area (Å²) in [5.41, 5.74) is 6.10. The molecule has 5 heteroatoms. The molecule has 0 heterocycles. The summed E-state index contributed by atoms with van der Waals surface area (Å²) in [5.74, 6) is 4.03. The van der Waals surface area contributed by atoms with Crippen LogP contribution in [0.3, 0.4) is 0 Å². The molecule has 0 spiro atoms. The maximum Gasteiger partial charge on any atom is 0.356 e. The van der Waals surface area contributed by atoms with Crippen LogP contribution in [0.15, 0.2) is 18.2 Å². The third-order valence-electron chi connectivity index (χ3n) is 1.34. The molecule has 0 saturated heterocycles. The van der Waals surface area contributed by atoms with Gasteiger partial charge >= 0.3 is 5.97 Å². The molecule has 0 aliphatic carbocycles. The quantitative estimate of drug-likeness (QED) is 0.506. The Labute approximate surface area is 74.0 Å². The summed E-state index contributed by atoms with van der Waals surface area (Å²) in [6, 6.07) is 4.39. The van der Waals surface area contributed by atoms with Gasteiger partial charge in [0, 0.05) is 0 Å². The highest BCUT2D eigenvalue weighted by atomic mass is 35.5. The molecule has 0 radical (unpaired) electrons. The van der Waals surface area contributed by atoms with E-state index < -0.39 is 5.97 Å². The Balaban J connectivity index is 3.05. The number of nitrogen functional groups attached to an aromatic ring is 1. The van der Waals surface area contributed by atoms with Gasteiger partial charge in [0.1, 0.15) is 0 Å². The van der Waals surface area contributed by atoms with Crippen molar-refractivity contribution in [3.8, 4) is 0 Å². The predicted molar refractivity (Wildman–Crippen MR) is 45.5 cm³/mol. The third-order valence-corrected chi connectivity index (χ3v) is 1.67. The first kappa shape index (κ1) is 8.83. The molecular formula is C7H7ClN2O2. The van der Waals surface area contributed by atoms with Gasteiger partial charge in [0.25, 0.3) is 0 Å². The maximum absolute atomic E-state index is 10.8. The Morgan fingerprint density at radius 2 is 2.17 bits per heavy atom. The lowest BCUT2D eigenvalue weighted by Gasteiger charge is -2.00. The first-order valence-electron chi connectivity index (χ1n) is 3.11. The van der Waals surface area contributed by atoms with Crippen LogP contribution < -0.4 is 11.6 Å². The molecule has 0 fully saturated rings. The van der Waals surface area contributed by atoms with Crippen molar-refractivity contribution in [3.63, 3.8) is 0 Å². The highest BCUT2D eigenvalue weighted by Crippen LogP contribution is 2.19. The van der Waals surface area contributed by atoms with Crippen LogP contribution >= 0.6 is 11.6 Å². The minimum absolute atomic E-state index is 0.275. The molecule has 0 aliphatic heterocycles. The van der Waals surface area contributed by atoms with Crippen molar-refractivity contribution in [2.75, 3.05) is 5.73 Å². The number of carbonyl (C=O) groups is 1. The van der Waals surface area contributed by atoms with Crippen LogP contribution in [0.2, 0.25) is 5.02 Å². The largest absolute Gasteiger partial charge is 0.398 e. The average Bonchev–Trinajstić information content (AvgIpc) is 2.08. The lowest BCUT2D eigenvalue weighted by molar-refractivity contribution is 0.0503. The minimum Gasteiger partial charge on any atom is -0.398 e. The molecule has 1 aromatic rings. The van der Waals surface area contributed by atoms with E-state index in [4.69, 9.17) is 17.3 Å². The van der Waals surface area contributed by atoms with Crippen LogP contribution in [-0.2, 0) is 4.84 Å². The normalized spacial score (nSPS) is 9.50. The molecule has 0 saturated carbocycles. The van der Waals surface area contributed by atoms with E-state index >= 15 is 0 Å². The van der Waals surface area contributed by atoms with Gasteiger partial charge in [0.15, 0.2) is 0 Å². The van der Waals surface area contributed by atoms with Gasteiger partial charge in [-0.05, 0) is 18.2 Å². The fraction of sp³-hybridized carbons (Fsp3) is 0. The highest BCUT2D eigenvalue weighted by molar-refractivity contribution is 6.33. The van der Waals surface area contributed by atoms with Crippen LogP contribution in [0.5, 0.6) is 0 Å². The summed E-state index contributed by atoms with van der Waals surface area (Å²) < 4.78 is 0. The van der Waals surface area contributed by atoms with Crippen LogP contribution in [0.4, 0.5) is 5.69 Å². The Bertz CT molecular complexity index is 314. The second-order valence-electron chi connectivity index (χ2n) is 2.14. The monoisotopic (exact) mass is 186 g/mol. The zero-order valence-corrected chi connectivity index (χ0v) is 6.84. The molecule has 0 unspecified atom stereocenters. The highest BCUT2D eigenvalue weighted by Gasteiger charge is 2.06. The minimum atomic E-state index is -0.642. The zero-order chi connectivity index (χ0) is 9.14. The molecular weight excluding hydrogens is 180 g/mol. The van der Waals surface area contributed by atoms with Crippen molar-refractivity contribution < 1.29 is 9.63 Å². The number of carbonyl (C=O) groups excluding carboxylic acids is 1. The lowest BCUT2D eigenvalue weighted by Crippen LogP contribution is -2.10. The number of rotatable bonds is 1. The van der Waals surface area contributed by atoms with Crippen LogP contribution in [0.1, 0.15) is 10.4 Å². The van der Waals surface area contributed by atoms with E-state index in [-0.39, 0.29) is 5.56 Å². The number of nitrogens with two attached hydrogens (primary N) is 2. The fourth-order valence-electron chi connectivity index (χ4n) is 0.722. The smallest absolute Gasteiger partial charge is 0.356 e. The van der Waals surface area contributed by atoms with E-state index in [1.807, 2.05) is 0 Å². The predicted octanol–water partition coefficient (Wildman–Crippen LogP) is 0.953. The van der Waals surface area contributed by atoms with Crippen LogP contribution in [0.25, 0.3) is 0 Å². The SMILES string of the molecule is NOC(=O)c1ccc(N)c(Cl)c1. The molecule has 0 aliphatic rings. The van der Waals surface area contributed by atoms with Crippen molar-refractivity contribution in [1.29, 1.82) is 0 Å². The van der Waals surface area contributed by atoms with E-state index in [0.29, 0.717) is 10.7 Å². The number of benzene rings is 1. The van der Waals surface area contributed by atoms with Gasteiger partial charge in [0.2, 0.25) is 0 Å². The summed E-state index contributed by atoms with van der Waals surface area (Å²) in [5, 5.41) is 0.304.